The van der Waals surface area contributed by atoms with Gasteiger partial charge in [-0.05, 0) is 23.8 Å². The van der Waals surface area contributed by atoms with Crippen LogP contribution in [0.25, 0.3) is 6.08 Å². The van der Waals surface area contributed by atoms with Crippen molar-refractivity contribution in [2.45, 2.75) is 6.04 Å². The zero-order chi connectivity index (χ0) is 16.4. The molecule has 0 saturated carbocycles. The van der Waals surface area contributed by atoms with Crippen LogP contribution in [0.3, 0.4) is 0 Å². The molecule has 0 saturated heterocycles. The van der Waals surface area contributed by atoms with Gasteiger partial charge in [0.15, 0.2) is 6.04 Å². The number of carbonyl (C=O) groups excluding carboxylic acids is 2. The third kappa shape index (κ3) is 5.80. The molecule has 0 aliphatic carbocycles. The Kier molecular flexibility index (Phi) is 7.42. The summed E-state index contributed by atoms with van der Waals surface area (Å²) in [5, 5.41) is 11.3. The topological polar surface area (TPSA) is 84.9 Å². The van der Waals surface area contributed by atoms with Gasteiger partial charge >= 0.3 is 5.97 Å². The van der Waals surface area contributed by atoms with Crippen LogP contribution in [0.15, 0.2) is 43.0 Å². The lowest BCUT2D eigenvalue weighted by Gasteiger charge is -2.11. The van der Waals surface area contributed by atoms with E-state index in [1.807, 2.05) is 0 Å². The number of nitrogens with one attached hydrogen (secondary N) is 1. The average Bonchev–Trinajstić information content (AvgIpc) is 2.56. The van der Waals surface area contributed by atoms with E-state index in [1.165, 1.54) is 13.2 Å². The van der Waals surface area contributed by atoms with Gasteiger partial charge in [0.1, 0.15) is 12.4 Å². The molecule has 0 aliphatic heterocycles. The Bertz CT molecular complexity index is 536. The standard InChI is InChI=1S/C16H19NO5/c1-3-10-22-13-7-4-12(5-8-13)6-9-15(19)17-14(11-18)16(20)21-2/h3-9,14,18H,1,10-11H2,2H3,(H,17,19)/b9-6+/t14-/m0/s1. The number of ether oxygens (including phenoxy) is 2. The number of esters is 1. The molecule has 0 unspecified atom stereocenters. The maximum absolute atomic E-state index is 11.7. The number of hydrogen-bond donors (Lipinski definition) is 2. The number of carbonyl (C=O) groups is 2. The highest BCUT2D eigenvalue weighted by molar-refractivity contribution is 5.94. The molecular weight excluding hydrogens is 286 g/mol. The van der Waals surface area contributed by atoms with Gasteiger partial charge in [-0.15, -0.1) is 0 Å². The highest BCUT2D eigenvalue weighted by Gasteiger charge is 2.18. The van der Waals surface area contributed by atoms with Crippen LogP contribution in [-0.2, 0) is 14.3 Å². The molecule has 0 spiro atoms. The third-order valence-electron chi connectivity index (χ3n) is 2.66. The van der Waals surface area contributed by atoms with Gasteiger partial charge in [-0.1, -0.05) is 24.8 Å². The molecule has 0 fully saturated rings. The summed E-state index contributed by atoms with van der Waals surface area (Å²) in [5.41, 5.74) is 0.791. The molecule has 0 bridgehead atoms. The fourth-order valence-electron chi connectivity index (χ4n) is 1.54. The van der Waals surface area contributed by atoms with Crippen LogP contribution in [-0.4, -0.2) is 43.3 Å². The first-order valence-electron chi connectivity index (χ1n) is 6.61. The zero-order valence-corrected chi connectivity index (χ0v) is 12.3. The fraction of sp³-hybridized carbons (Fsp3) is 0.250. The molecule has 6 heteroatoms. The van der Waals surface area contributed by atoms with Crippen molar-refractivity contribution < 1.29 is 24.2 Å². The lowest BCUT2D eigenvalue weighted by molar-refractivity contribution is -0.145. The molecule has 6 nitrogen and oxygen atoms in total. The van der Waals surface area contributed by atoms with Crippen LogP contribution in [0.4, 0.5) is 0 Å². The van der Waals surface area contributed by atoms with Crippen molar-refractivity contribution >= 4 is 18.0 Å². The maximum atomic E-state index is 11.7. The first kappa shape index (κ1) is 17.5. The van der Waals surface area contributed by atoms with Crippen molar-refractivity contribution in [3.63, 3.8) is 0 Å². The van der Waals surface area contributed by atoms with Crippen LogP contribution >= 0.6 is 0 Å². The van der Waals surface area contributed by atoms with Crippen molar-refractivity contribution in [1.29, 1.82) is 0 Å². The van der Waals surface area contributed by atoms with Gasteiger partial charge in [0.25, 0.3) is 0 Å². The van der Waals surface area contributed by atoms with Crippen molar-refractivity contribution in [3.05, 3.63) is 48.6 Å². The van der Waals surface area contributed by atoms with E-state index in [9.17, 15) is 9.59 Å². The first-order chi connectivity index (χ1) is 10.6. The second-order valence-corrected chi connectivity index (χ2v) is 4.27. The summed E-state index contributed by atoms with van der Waals surface area (Å²) in [7, 11) is 1.18. The second-order valence-electron chi connectivity index (χ2n) is 4.27. The molecule has 2 N–H and O–H groups in total. The molecule has 0 aromatic heterocycles. The minimum Gasteiger partial charge on any atom is -0.490 e. The number of aliphatic hydroxyl groups is 1. The Hall–Kier alpha value is -2.60. The summed E-state index contributed by atoms with van der Waals surface area (Å²) in [6.07, 6.45) is 4.50. The highest BCUT2D eigenvalue weighted by atomic mass is 16.5. The summed E-state index contributed by atoms with van der Waals surface area (Å²) < 4.78 is 9.79. The number of methoxy groups -OCH3 is 1. The molecule has 0 heterocycles. The summed E-state index contributed by atoms with van der Waals surface area (Å²) in [6, 6.07) is 6.03. The molecule has 1 amide bonds. The van der Waals surface area contributed by atoms with Gasteiger partial charge in [0.05, 0.1) is 13.7 Å². The second kappa shape index (κ2) is 9.36. The molecule has 0 radical (unpaired) electrons. The van der Waals surface area contributed by atoms with E-state index < -0.39 is 24.5 Å². The van der Waals surface area contributed by atoms with E-state index in [1.54, 1.807) is 36.4 Å². The lowest BCUT2D eigenvalue weighted by Crippen LogP contribution is -2.43. The molecule has 22 heavy (non-hydrogen) atoms. The van der Waals surface area contributed by atoms with Gasteiger partial charge in [0.2, 0.25) is 5.91 Å². The number of benzene rings is 1. The van der Waals surface area contributed by atoms with Crippen LogP contribution in [0.2, 0.25) is 0 Å². The largest absolute Gasteiger partial charge is 0.490 e. The van der Waals surface area contributed by atoms with Crippen LogP contribution in [0.5, 0.6) is 5.75 Å². The SMILES string of the molecule is C=CCOc1ccc(/C=C/C(=O)N[C@@H](CO)C(=O)OC)cc1. The number of rotatable bonds is 8. The van der Waals surface area contributed by atoms with Crippen LogP contribution in [0.1, 0.15) is 5.56 Å². The highest BCUT2D eigenvalue weighted by Crippen LogP contribution is 2.13. The minimum absolute atomic E-state index is 0.424. The van der Waals surface area contributed by atoms with Crippen LogP contribution in [0, 0.1) is 0 Å². The molecule has 1 aromatic carbocycles. The Morgan fingerprint density at radius 3 is 2.59 bits per heavy atom. The zero-order valence-electron chi connectivity index (χ0n) is 12.3. The van der Waals surface area contributed by atoms with Gasteiger partial charge in [-0.25, -0.2) is 4.79 Å². The smallest absolute Gasteiger partial charge is 0.330 e. The quantitative estimate of drug-likeness (QED) is 0.424. The average molecular weight is 305 g/mol. The van der Waals surface area contributed by atoms with E-state index in [-0.39, 0.29) is 0 Å². The summed E-state index contributed by atoms with van der Waals surface area (Å²) in [6.45, 7) is 3.46. The predicted molar refractivity (Wildman–Crippen MR) is 82.2 cm³/mol. The van der Waals surface area contributed by atoms with Crippen molar-refractivity contribution in [2.24, 2.45) is 0 Å². The number of hydrogen-bond acceptors (Lipinski definition) is 5. The lowest BCUT2D eigenvalue weighted by atomic mass is 10.2. The minimum atomic E-state index is -1.07. The Balaban J connectivity index is 2.57. The van der Waals surface area contributed by atoms with E-state index in [0.717, 1.165) is 5.56 Å². The van der Waals surface area contributed by atoms with E-state index >= 15 is 0 Å². The predicted octanol–water partition coefficient (Wildman–Crippen LogP) is 0.915. The third-order valence-corrected chi connectivity index (χ3v) is 2.66. The van der Waals surface area contributed by atoms with E-state index in [0.29, 0.717) is 12.4 Å². The van der Waals surface area contributed by atoms with Crippen molar-refractivity contribution in [3.8, 4) is 5.75 Å². The number of aliphatic hydroxyl groups excluding tert-OH is 1. The maximum Gasteiger partial charge on any atom is 0.330 e. The molecule has 1 atom stereocenters. The van der Waals surface area contributed by atoms with E-state index in [4.69, 9.17) is 9.84 Å². The summed E-state index contributed by atoms with van der Waals surface area (Å²) >= 11 is 0. The monoisotopic (exact) mass is 305 g/mol. The Morgan fingerprint density at radius 2 is 2.05 bits per heavy atom. The Morgan fingerprint density at radius 1 is 1.36 bits per heavy atom. The molecule has 118 valence electrons. The molecule has 1 rings (SSSR count). The molecule has 0 aliphatic rings. The summed E-state index contributed by atoms with van der Waals surface area (Å²) in [5.74, 6) is -0.503. The molecule has 1 aromatic rings. The normalized spacial score (nSPS) is 11.7. The van der Waals surface area contributed by atoms with Crippen LogP contribution < -0.4 is 10.1 Å². The van der Waals surface area contributed by atoms with Gasteiger partial charge in [0, 0.05) is 6.08 Å². The summed E-state index contributed by atoms with van der Waals surface area (Å²) in [4.78, 5) is 22.9. The Labute approximate surface area is 129 Å². The first-order valence-corrected chi connectivity index (χ1v) is 6.61. The van der Waals surface area contributed by atoms with Gasteiger partial charge < -0.3 is 19.9 Å². The van der Waals surface area contributed by atoms with E-state index in [2.05, 4.69) is 16.6 Å². The molecular formula is C16H19NO5. The van der Waals surface area contributed by atoms with Crippen molar-refractivity contribution in [1.82, 2.24) is 5.32 Å². The van der Waals surface area contributed by atoms with Gasteiger partial charge in [-0.3, -0.25) is 4.79 Å². The van der Waals surface area contributed by atoms with Crippen molar-refractivity contribution in [2.75, 3.05) is 20.3 Å². The fourth-order valence-corrected chi connectivity index (χ4v) is 1.54. The van der Waals surface area contributed by atoms with Gasteiger partial charge in [-0.2, -0.15) is 0 Å². The number of amides is 1.